The maximum absolute atomic E-state index is 3.34. The average Bonchev–Trinajstić information content (AvgIpc) is 3.01. The molecule has 0 amide bonds. The van der Waals surface area contributed by atoms with E-state index in [2.05, 4.69) is 78.6 Å². The van der Waals surface area contributed by atoms with Crippen LogP contribution in [0.2, 0.25) is 0 Å². The molecule has 2 aromatic carbocycles. The second-order valence-corrected chi connectivity index (χ2v) is 5.88. The molecule has 0 aromatic heterocycles. The van der Waals surface area contributed by atoms with E-state index in [0.717, 1.165) is 6.42 Å². The van der Waals surface area contributed by atoms with Crippen molar-refractivity contribution in [2.24, 2.45) is 5.92 Å². The van der Waals surface area contributed by atoms with Crippen molar-refractivity contribution in [1.82, 2.24) is 0 Å². The zero-order chi connectivity index (χ0) is 15.0. The van der Waals surface area contributed by atoms with E-state index in [-0.39, 0.29) is 0 Å². The molecule has 0 aliphatic heterocycles. The first-order valence-corrected chi connectivity index (χ1v) is 8.13. The van der Waals surface area contributed by atoms with Gasteiger partial charge in [-0.1, -0.05) is 72.3 Å². The normalized spacial score (nSPS) is 18.9. The molecule has 1 aliphatic rings. The minimum atomic E-state index is 0.692. The van der Waals surface area contributed by atoms with Crippen molar-refractivity contribution < 1.29 is 0 Å². The molecule has 3 rings (SSSR count). The smallest absolute Gasteiger partial charge is 0.0131 e. The van der Waals surface area contributed by atoms with Crippen molar-refractivity contribution in [2.45, 2.75) is 25.7 Å². The average molecular weight is 286 g/mol. The summed E-state index contributed by atoms with van der Waals surface area (Å²) < 4.78 is 0. The van der Waals surface area contributed by atoms with E-state index in [9.17, 15) is 0 Å². The van der Waals surface area contributed by atoms with Gasteiger partial charge in [0, 0.05) is 0 Å². The highest BCUT2D eigenvalue weighted by Crippen LogP contribution is 2.35. The number of hydrogen-bond acceptors (Lipinski definition) is 0. The van der Waals surface area contributed by atoms with Gasteiger partial charge in [-0.3, -0.25) is 0 Å². The Labute approximate surface area is 133 Å². The molecule has 0 nitrogen and oxygen atoms in total. The fourth-order valence-electron chi connectivity index (χ4n) is 3.08. The maximum Gasteiger partial charge on any atom is -0.0131 e. The standard InChI is InChI=1S/C22H22/c1-3-10-19(11-4-1)12-7-8-15-21-16-9-17-22(21)18-20-13-5-2-6-14-20/h1-6,8,10-14,18,21H,9,15-17H2/b22-18+. The second-order valence-electron chi connectivity index (χ2n) is 5.88. The van der Waals surface area contributed by atoms with E-state index in [1.54, 1.807) is 5.57 Å². The van der Waals surface area contributed by atoms with Crippen molar-refractivity contribution in [2.75, 3.05) is 0 Å². The van der Waals surface area contributed by atoms with Crippen molar-refractivity contribution in [3.05, 3.63) is 89.2 Å². The lowest BCUT2D eigenvalue weighted by Crippen LogP contribution is -1.94. The van der Waals surface area contributed by atoms with Gasteiger partial charge in [0.15, 0.2) is 0 Å². The third kappa shape index (κ3) is 4.10. The van der Waals surface area contributed by atoms with E-state index in [4.69, 9.17) is 0 Å². The molecular formula is C22H22. The van der Waals surface area contributed by atoms with E-state index in [1.165, 1.54) is 30.4 Å². The van der Waals surface area contributed by atoms with Gasteiger partial charge < -0.3 is 0 Å². The Morgan fingerprint density at radius 1 is 0.909 bits per heavy atom. The van der Waals surface area contributed by atoms with Gasteiger partial charge in [-0.15, -0.1) is 5.73 Å². The van der Waals surface area contributed by atoms with Crippen LogP contribution in [0.3, 0.4) is 0 Å². The highest BCUT2D eigenvalue weighted by Gasteiger charge is 2.19. The van der Waals surface area contributed by atoms with Gasteiger partial charge in [-0.25, -0.2) is 0 Å². The molecule has 22 heavy (non-hydrogen) atoms. The molecule has 0 bridgehead atoms. The van der Waals surface area contributed by atoms with Crippen molar-refractivity contribution in [1.29, 1.82) is 0 Å². The molecule has 0 spiro atoms. The van der Waals surface area contributed by atoms with Crippen LogP contribution in [-0.4, -0.2) is 0 Å². The van der Waals surface area contributed by atoms with Crippen LogP contribution in [0.1, 0.15) is 36.8 Å². The van der Waals surface area contributed by atoms with E-state index < -0.39 is 0 Å². The summed E-state index contributed by atoms with van der Waals surface area (Å²) in [5, 5.41) is 0. The Morgan fingerprint density at radius 2 is 1.59 bits per heavy atom. The molecule has 1 fully saturated rings. The predicted molar refractivity (Wildman–Crippen MR) is 95.4 cm³/mol. The molecule has 0 heteroatoms. The van der Waals surface area contributed by atoms with Crippen LogP contribution in [0.15, 0.2) is 78.0 Å². The summed E-state index contributed by atoms with van der Waals surface area (Å²) in [7, 11) is 0. The van der Waals surface area contributed by atoms with Crippen molar-refractivity contribution >= 4 is 12.2 Å². The summed E-state index contributed by atoms with van der Waals surface area (Å²) in [4.78, 5) is 0. The fraction of sp³-hybridized carbons (Fsp3) is 0.227. The zero-order valence-corrected chi connectivity index (χ0v) is 12.9. The van der Waals surface area contributed by atoms with Crippen LogP contribution < -0.4 is 0 Å². The molecule has 0 heterocycles. The molecule has 2 aromatic rings. The third-order valence-corrected chi connectivity index (χ3v) is 4.26. The molecule has 1 aliphatic carbocycles. The topological polar surface area (TPSA) is 0 Å². The number of allylic oxidation sites excluding steroid dienone is 2. The summed E-state index contributed by atoms with van der Waals surface area (Å²) in [5.41, 5.74) is 7.48. The van der Waals surface area contributed by atoms with E-state index in [1.807, 2.05) is 6.07 Å². The summed E-state index contributed by atoms with van der Waals surface area (Å²) in [6, 6.07) is 21.1. The Balaban J connectivity index is 1.64. The Kier molecular flexibility index (Phi) is 5.08. The first kappa shape index (κ1) is 14.6. The van der Waals surface area contributed by atoms with Gasteiger partial charge in [0.2, 0.25) is 0 Å². The highest BCUT2D eigenvalue weighted by molar-refractivity contribution is 5.54. The Bertz CT molecular complexity index is 670. The van der Waals surface area contributed by atoms with E-state index >= 15 is 0 Å². The predicted octanol–water partition coefficient (Wildman–Crippen LogP) is 6.13. The molecule has 1 unspecified atom stereocenters. The minimum Gasteiger partial charge on any atom is -0.125 e. The molecule has 0 radical (unpaired) electrons. The van der Waals surface area contributed by atoms with Crippen LogP contribution in [0, 0.1) is 5.92 Å². The molecule has 0 N–H and O–H groups in total. The fourth-order valence-corrected chi connectivity index (χ4v) is 3.08. The van der Waals surface area contributed by atoms with E-state index in [0.29, 0.717) is 5.92 Å². The highest BCUT2D eigenvalue weighted by atomic mass is 14.2. The molecule has 0 saturated heterocycles. The van der Waals surface area contributed by atoms with Crippen LogP contribution >= 0.6 is 0 Å². The Morgan fingerprint density at radius 3 is 2.32 bits per heavy atom. The lowest BCUT2D eigenvalue weighted by Gasteiger charge is -2.08. The molecule has 1 saturated carbocycles. The molecule has 1 atom stereocenters. The third-order valence-electron chi connectivity index (χ3n) is 4.26. The largest absolute Gasteiger partial charge is 0.125 e. The van der Waals surface area contributed by atoms with Crippen molar-refractivity contribution in [3.63, 3.8) is 0 Å². The minimum absolute atomic E-state index is 0.692. The molecular weight excluding hydrogens is 264 g/mol. The maximum atomic E-state index is 3.34. The first-order valence-electron chi connectivity index (χ1n) is 8.13. The van der Waals surface area contributed by atoms with Gasteiger partial charge >= 0.3 is 0 Å². The van der Waals surface area contributed by atoms with Crippen LogP contribution in [0.5, 0.6) is 0 Å². The first-order chi connectivity index (χ1) is 10.9. The van der Waals surface area contributed by atoms with Crippen LogP contribution in [0.4, 0.5) is 0 Å². The van der Waals surface area contributed by atoms with Gasteiger partial charge in [0.05, 0.1) is 0 Å². The van der Waals surface area contributed by atoms with Gasteiger partial charge in [-0.2, -0.15) is 0 Å². The van der Waals surface area contributed by atoms with Gasteiger partial charge in [0.25, 0.3) is 0 Å². The quantitative estimate of drug-likeness (QED) is 0.593. The zero-order valence-electron chi connectivity index (χ0n) is 12.9. The second kappa shape index (κ2) is 7.64. The SMILES string of the molecule is C(=CCC1CCC/C1=C\c1ccccc1)=Cc1ccccc1. The van der Waals surface area contributed by atoms with Gasteiger partial charge in [0.1, 0.15) is 0 Å². The lowest BCUT2D eigenvalue weighted by molar-refractivity contribution is 0.640. The number of rotatable bonds is 4. The molecule has 110 valence electrons. The summed E-state index contributed by atoms with van der Waals surface area (Å²) in [6.45, 7) is 0. The Hall–Kier alpha value is -2.30. The van der Waals surface area contributed by atoms with Gasteiger partial charge in [-0.05, 0) is 54.9 Å². The summed E-state index contributed by atoms with van der Waals surface area (Å²) in [6.07, 6.45) is 11.6. The number of benzene rings is 2. The van der Waals surface area contributed by atoms with Crippen LogP contribution in [-0.2, 0) is 0 Å². The summed E-state index contributed by atoms with van der Waals surface area (Å²) >= 11 is 0. The number of hydrogen-bond donors (Lipinski definition) is 0. The van der Waals surface area contributed by atoms with Crippen molar-refractivity contribution in [3.8, 4) is 0 Å². The monoisotopic (exact) mass is 286 g/mol. The van der Waals surface area contributed by atoms with Crippen LogP contribution in [0.25, 0.3) is 12.2 Å². The summed E-state index contributed by atoms with van der Waals surface area (Å²) in [5.74, 6) is 0.692. The lowest BCUT2D eigenvalue weighted by atomic mass is 9.97.